The van der Waals surface area contributed by atoms with Crippen LogP contribution in [0.3, 0.4) is 0 Å². The molecule has 0 aliphatic rings. The minimum atomic E-state index is -0.888. The van der Waals surface area contributed by atoms with Gasteiger partial charge in [-0.15, -0.1) is 0 Å². The Kier molecular flexibility index (Phi) is 4.45. The van der Waals surface area contributed by atoms with E-state index < -0.39 is 6.10 Å². The predicted molar refractivity (Wildman–Crippen MR) is 83.9 cm³/mol. The first-order valence-electron chi connectivity index (χ1n) is 7.20. The van der Waals surface area contributed by atoms with Gasteiger partial charge in [-0.05, 0) is 42.0 Å². The van der Waals surface area contributed by atoms with E-state index in [0.29, 0.717) is 5.69 Å². The van der Waals surface area contributed by atoms with Crippen molar-refractivity contribution in [2.45, 2.75) is 12.6 Å². The number of aliphatic hydroxyl groups excluding tert-OH is 2. The summed E-state index contributed by atoms with van der Waals surface area (Å²) in [7, 11) is 0. The van der Waals surface area contributed by atoms with Gasteiger partial charge in [-0.2, -0.15) is 5.10 Å². The molecule has 3 rings (SSSR count). The van der Waals surface area contributed by atoms with Crippen LogP contribution in [-0.2, 0) is 6.54 Å². The summed E-state index contributed by atoms with van der Waals surface area (Å²) in [5.74, 6) is -0.311. The molecule has 0 aliphatic heterocycles. The highest BCUT2D eigenvalue weighted by Gasteiger charge is 2.15. The van der Waals surface area contributed by atoms with Crippen LogP contribution in [0.1, 0.15) is 0 Å². The molecule has 118 valence electrons. The van der Waals surface area contributed by atoms with Crippen LogP contribution in [0.4, 0.5) is 4.39 Å². The third kappa shape index (κ3) is 3.44. The number of aliphatic hydroxyl groups is 2. The van der Waals surface area contributed by atoms with Crippen molar-refractivity contribution < 1.29 is 14.6 Å². The summed E-state index contributed by atoms with van der Waals surface area (Å²) in [6, 6.07) is 9.80. The molecular weight excluding hydrogens is 297 g/mol. The van der Waals surface area contributed by atoms with E-state index >= 15 is 0 Å². The summed E-state index contributed by atoms with van der Waals surface area (Å²) in [5.41, 5.74) is 3.23. The molecule has 2 N–H and O–H groups in total. The van der Waals surface area contributed by atoms with Crippen LogP contribution in [0.2, 0.25) is 0 Å². The Morgan fingerprint density at radius 1 is 1.04 bits per heavy atom. The van der Waals surface area contributed by atoms with E-state index in [1.54, 1.807) is 35.4 Å². The summed E-state index contributed by atoms with van der Waals surface area (Å²) in [6.45, 7) is -0.161. The molecule has 0 saturated carbocycles. The third-order valence-electron chi connectivity index (χ3n) is 3.48. The van der Waals surface area contributed by atoms with Gasteiger partial charge in [0.2, 0.25) is 0 Å². The molecule has 5 nitrogen and oxygen atoms in total. The number of hydrogen-bond acceptors (Lipinski definition) is 4. The molecule has 2 aromatic heterocycles. The second-order valence-corrected chi connectivity index (χ2v) is 5.19. The summed E-state index contributed by atoms with van der Waals surface area (Å²) in [4.78, 5) is 4.00. The fraction of sp³-hybridized carbons (Fsp3) is 0.176. The van der Waals surface area contributed by atoms with Crippen LogP contribution in [0.5, 0.6) is 0 Å². The highest BCUT2D eigenvalue weighted by atomic mass is 19.1. The molecule has 3 aromatic rings. The highest BCUT2D eigenvalue weighted by molar-refractivity contribution is 5.80. The van der Waals surface area contributed by atoms with Gasteiger partial charge in [-0.25, -0.2) is 4.39 Å². The molecular formula is C17H16FN3O2. The van der Waals surface area contributed by atoms with E-state index in [4.69, 9.17) is 5.11 Å². The van der Waals surface area contributed by atoms with Gasteiger partial charge in [0.15, 0.2) is 0 Å². The van der Waals surface area contributed by atoms with E-state index in [9.17, 15) is 9.50 Å². The third-order valence-corrected chi connectivity index (χ3v) is 3.48. The lowest BCUT2D eigenvalue weighted by Crippen LogP contribution is -2.20. The summed E-state index contributed by atoms with van der Waals surface area (Å²) < 4.78 is 14.7. The second-order valence-electron chi connectivity index (χ2n) is 5.19. The van der Waals surface area contributed by atoms with Gasteiger partial charge < -0.3 is 10.2 Å². The molecule has 1 aromatic carbocycles. The summed E-state index contributed by atoms with van der Waals surface area (Å²) in [5, 5.41) is 23.1. The lowest BCUT2D eigenvalue weighted by Gasteiger charge is -2.06. The van der Waals surface area contributed by atoms with Crippen LogP contribution in [0, 0.1) is 5.82 Å². The molecule has 0 radical (unpaired) electrons. The Labute approximate surface area is 132 Å². The molecule has 0 aliphatic carbocycles. The SMILES string of the molecule is OCC(O)Cn1cc(-c2ccncc2)c(-c2ccc(F)cc2)n1. The maximum absolute atomic E-state index is 13.2. The minimum absolute atomic E-state index is 0.176. The average molecular weight is 313 g/mol. The number of pyridine rings is 1. The Bertz CT molecular complexity index is 772. The summed E-state index contributed by atoms with van der Waals surface area (Å²) >= 11 is 0. The molecule has 0 fully saturated rings. The monoisotopic (exact) mass is 313 g/mol. The zero-order valence-corrected chi connectivity index (χ0v) is 12.3. The first kappa shape index (κ1) is 15.3. The molecule has 0 bridgehead atoms. The first-order valence-corrected chi connectivity index (χ1v) is 7.20. The van der Waals surface area contributed by atoms with E-state index in [-0.39, 0.29) is 19.0 Å². The van der Waals surface area contributed by atoms with Crippen LogP contribution in [0.15, 0.2) is 55.0 Å². The Morgan fingerprint density at radius 3 is 2.39 bits per heavy atom. The number of hydrogen-bond donors (Lipinski definition) is 2. The maximum Gasteiger partial charge on any atom is 0.123 e. The number of halogens is 1. The lowest BCUT2D eigenvalue weighted by molar-refractivity contribution is 0.0783. The zero-order chi connectivity index (χ0) is 16.2. The molecule has 0 saturated heterocycles. The van der Waals surface area contributed by atoms with Crippen LogP contribution < -0.4 is 0 Å². The van der Waals surface area contributed by atoms with Crippen molar-refractivity contribution >= 4 is 0 Å². The van der Waals surface area contributed by atoms with Crippen molar-refractivity contribution in [3.05, 3.63) is 60.8 Å². The van der Waals surface area contributed by atoms with E-state index in [0.717, 1.165) is 16.7 Å². The van der Waals surface area contributed by atoms with Gasteiger partial charge in [0, 0.05) is 29.7 Å². The summed E-state index contributed by atoms with van der Waals surface area (Å²) in [6.07, 6.45) is 4.28. The number of aromatic nitrogens is 3. The normalized spacial score (nSPS) is 12.3. The quantitative estimate of drug-likeness (QED) is 0.757. The van der Waals surface area contributed by atoms with Gasteiger partial charge in [0.25, 0.3) is 0 Å². The van der Waals surface area contributed by atoms with E-state index in [2.05, 4.69) is 10.1 Å². The van der Waals surface area contributed by atoms with Crippen molar-refractivity contribution in [2.24, 2.45) is 0 Å². The largest absolute Gasteiger partial charge is 0.394 e. The van der Waals surface area contributed by atoms with Crippen molar-refractivity contribution in [3.8, 4) is 22.4 Å². The fourth-order valence-corrected chi connectivity index (χ4v) is 2.35. The van der Waals surface area contributed by atoms with Crippen molar-refractivity contribution in [1.82, 2.24) is 14.8 Å². The standard InChI is InChI=1S/C17H16FN3O2/c18-14-3-1-13(2-4-14)17-16(12-5-7-19-8-6-12)10-21(20-17)9-15(23)11-22/h1-8,10,15,22-23H,9,11H2. The first-order chi connectivity index (χ1) is 11.2. The average Bonchev–Trinajstić information content (AvgIpc) is 3.00. The Hall–Kier alpha value is -2.57. The highest BCUT2D eigenvalue weighted by Crippen LogP contribution is 2.30. The topological polar surface area (TPSA) is 71.2 Å². The number of benzene rings is 1. The Morgan fingerprint density at radius 2 is 1.74 bits per heavy atom. The molecule has 0 amide bonds. The van der Waals surface area contributed by atoms with Crippen LogP contribution in [0.25, 0.3) is 22.4 Å². The van der Waals surface area contributed by atoms with Gasteiger partial charge in [0.05, 0.1) is 19.3 Å². The van der Waals surface area contributed by atoms with Crippen LogP contribution in [-0.4, -0.2) is 37.7 Å². The van der Waals surface area contributed by atoms with Gasteiger partial charge in [-0.1, -0.05) is 0 Å². The number of rotatable bonds is 5. The van der Waals surface area contributed by atoms with Gasteiger partial charge >= 0.3 is 0 Å². The maximum atomic E-state index is 13.2. The van der Waals surface area contributed by atoms with E-state index in [1.165, 1.54) is 12.1 Å². The second kappa shape index (κ2) is 6.68. The minimum Gasteiger partial charge on any atom is -0.394 e. The van der Waals surface area contributed by atoms with Crippen molar-refractivity contribution in [3.63, 3.8) is 0 Å². The smallest absolute Gasteiger partial charge is 0.123 e. The van der Waals surface area contributed by atoms with E-state index in [1.807, 2.05) is 12.1 Å². The Balaban J connectivity index is 2.06. The lowest BCUT2D eigenvalue weighted by atomic mass is 10.0. The molecule has 6 heteroatoms. The van der Waals surface area contributed by atoms with Crippen molar-refractivity contribution in [1.29, 1.82) is 0 Å². The molecule has 1 atom stereocenters. The molecule has 2 heterocycles. The van der Waals surface area contributed by atoms with Gasteiger partial charge in [-0.3, -0.25) is 9.67 Å². The van der Waals surface area contributed by atoms with Crippen molar-refractivity contribution in [2.75, 3.05) is 6.61 Å². The molecule has 23 heavy (non-hydrogen) atoms. The van der Waals surface area contributed by atoms with Gasteiger partial charge in [0.1, 0.15) is 11.5 Å². The number of nitrogens with zero attached hydrogens (tertiary/aromatic N) is 3. The zero-order valence-electron chi connectivity index (χ0n) is 12.3. The molecule has 1 unspecified atom stereocenters. The molecule has 0 spiro atoms. The van der Waals surface area contributed by atoms with Crippen LogP contribution >= 0.6 is 0 Å². The fourth-order valence-electron chi connectivity index (χ4n) is 2.35. The predicted octanol–water partition coefficient (Wildman–Crippen LogP) is 2.10.